The van der Waals surface area contributed by atoms with E-state index in [4.69, 9.17) is 10.5 Å². The van der Waals surface area contributed by atoms with Gasteiger partial charge in [-0.1, -0.05) is 25.5 Å². The summed E-state index contributed by atoms with van der Waals surface area (Å²) < 4.78 is 7.26. The van der Waals surface area contributed by atoms with Crippen molar-refractivity contribution in [2.45, 2.75) is 32.8 Å². The predicted molar refractivity (Wildman–Crippen MR) is 81.6 cm³/mol. The summed E-state index contributed by atoms with van der Waals surface area (Å²) in [7, 11) is 3.71. The fourth-order valence-corrected chi connectivity index (χ4v) is 2.46. The molecule has 0 aliphatic rings. The molecule has 0 unspecified atom stereocenters. The van der Waals surface area contributed by atoms with Crippen molar-refractivity contribution < 1.29 is 4.74 Å². The van der Waals surface area contributed by atoms with Crippen LogP contribution in [-0.4, -0.2) is 16.9 Å². The summed E-state index contributed by atoms with van der Waals surface area (Å²) in [5.41, 5.74) is 11.4. The van der Waals surface area contributed by atoms with Gasteiger partial charge in [-0.05, 0) is 24.1 Å². The van der Waals surface area contributed by atoms with E-state index >= 15 is 0 Å². The van der Waals surface area contributed by atoms with Crippen molar-refractivity contribution in [1.29, 1.82) is 0 Å². The zero-order chi connectivity index (χ0) is 14.5. The fraction of sp³-hybridized carbons (Fsp3) is 0.438. The number of nitrogens with two attached hydrogens (primary N) is 1. The second kappa shape index (κ2) is 6.57. The lowest BCUT2D eigenvalue weighted by Crippen LogP contribution is -2.02. The maximum atomic E-state index is 5.74. The summed E-state index contributed by atoms with van der Waals surface area (Å²) >= 11 is 0. The van der Waals surface area contributed by atoms with Gasteiger partial charge in [-0.2, -0.15) is 5.10 Å². The number of hydrogen-bond acceptors (Lipinski definition) is 3. The van der Waals surface area contributed by atoms with Gasteiger partial charge >= 0.3 is 0 Å². The Kier molecular flexibility index (Phi) is 4.79. The Morgan fingerprint density at radius 3 is 2.55 bits per heavy atom. The number of nitrogens with zero attached hydrogens (tertiary/aromatic N) is 2. The monoisotopic (exact) mass is 273 g/mol. The van der Waals surface area contributed by atoms with Gasteiger partial charge in [0.2, 0.25) is 0 Å². The highest BCUT2D eigenvalue weighted by Crippen LogP contribution is 2.21. The van der Waals surface area contributed by atoms with Crippen LogP contribution in [0, 0.1) is 0 Å². The quantitative estimate of drug-likeness (QED) is 0.823. The standard InChI is InChI=1S/C16H23N3O/c1-4-5-15-14(16(11-20-3)19(2)18-15)10-12-6-8-13(17)9-7-12/h6-9H,4-5,10-11,17H2,1-3H3. The summed E-state index contributed by atoms with van der Waals surface area (Å²) in [6, 6.07) is 8.05. The SMILES string of the molecule is CCCc1nn(C)c(COC)c1Cc1ccc(N)cc1. The molecule has 108 valence electrons. The maximum Gasteiger partial charge on any atom is 0.0883 e. The Balaban J connectivity index is 2.34. The van der Waals surface area contributed by atoms with Crippen molar-refractivity contribution in [3.05, 3.63) is 46.8 Å². The molecule has 0 fully saturated rings. The molecule has 2 rings (SSSR count). The Hall–Kier alpha value is -1.81. The molecule has 1 aromatic carbocycles. The fourth-order valence-electron chi connectivity index (χ4n) is 2.46. The lowest BCUT2D eigenvalue weighted by atomic mass is 10.0. The normalized spacial score (nSPS) is 10.9. The van der Waals surface area contributed by atoms with Crippen LogP contribution >= 0.6 is 0 Å². The van der Waals surface area contributed by atoms with Gasteiger partial charge in [0.05, 0.1) is 18.0 Å². The zero-order valence-corrected chi connectivity index (χ0v) is 12.5. The van der Waals surface area contributed by atoms with Crippen LogP contribution in [0.4, 0.5) is 5.69 Å². The summed E-state index contributed by atoms with van der Waals surface area (Å²) in [5.74, 6) is 0. The van der Waals surface area contributed by atoms with Crippen LogP contribution in [0.2, 0.25) is 0 Å². The van der Waals surface area contributed by atoms with Gasteiger partial charge < -0.3 is 10.5 Å². The second-order valence-electron chi connectivity index (χ2n) is 5.10. The first-order valence-electron chi connectivity index (χ1n) is 7.02. The lowest BCUT2D eigenvalue weighted by molar-refractivity contribution is 0.177. The number of ether oxygens (including phenoxy) is 1. The van der Waals surface area contributed by atoms with Gasteiger partial charge in [-0.25, -0.2) is 0 Å². The minimum Gasteiger partial charge on any atom is -0.399 e. The topological polar surface area (TPSA) is 53.1 Å². The van der Waals surface area contributed by atoms with Crippen LogP contribution in [-0.2, 0) is 31.2 Å². The largest absolute Gasteiger partial charge is 0.399 e. The third-order valence-corrected chi connectivity index (χ3v) is 3.49. The number of methoxy groups -OCH3 is 1. The Labute approximate surface area is 120 Å². The van der Waals surface area contributed by atoms with E-state index in [0.717, 1.165) is 30.6 Å². The van der Waals surface area contributed by atoms with Crippen LogP contribution in [0.15, 0.2) is 24.3 Å². The summed E-state index contributed by atoms with van der Waals surface area (Å²) in [4.78, 5) is 0. The molecule has 0 radical (unpaired) electrons. The molecule has 0 saturated heterocycles. The number of aryl methyl sites for hydroxylation is 2. The first kappa shape index (κ1) is 14.6. The summed E-state index contributed by atoms with van der Waals surface area (Å²) in [5, 5.41) is 4.64. The first-order valence-corrected chi connectivity index (χ1v) is 7.02. The van der Waals surface area contributed by atoms with Crippen LogP contribution in [0.3, 0.4) is 0 Å². The van der Waals surface area contributed by atoms with Crippen molar-refractivity contribution >= 4 is 5.69 Å². The van der Waals surface area contributed by atoms with Crippen molar-refractivity contribution in [3.63, 3.8) is 0 Å². The van der Waals surface area contributed by atoms with Gasteiger partial charge in [0.1, 0.15) is 0 Å². The lowest BCUT2D eigenvalue weighted by Gasteiger charge is -2.07. The maximum absolute atomic E-state index is 5.74. The molecule has 0 aliphatic heterocycles. The molecular weight excluding hydrogens is 250 g/mol. The first-order chi connectivity index (χ1) is 9.65. The number of aromatic nitrogens is 2. The molecule has 2 N–H and O–H groups in total. The highest BCUT2D eigenvalue weighted by atomic mass is 16.5. The molecule has 0 amide bonds. The number of rotatable bonds is 6. The molecule has 0 aliphatic carbocycles. The average molecular weight is 273 g/mol. The van der Waals surface area contributed by atoms with Crippen LogP contribution in [0.5, 0.6) is 0 Å². The van der Waals surface area contributed by atoms with Gasteiger partial charge in [-0.15, -0.1) is 0 Å². The van der Waals surface area contributed by atoms with E-state index in [1.807, 2.05) is 23.9 Å². The van der Waals surface area contributed by atoms with E-state index in [9.17, 15) is 0 Å². The number of hydrogen-bond donors (Lipinski definition) is 1. The van der Waals surface area contributed by atoms with Crippen molar-refractivity contribution in [2.75, 3.05) is 12.8 Å². The van der Waals surface area contributed by atoms with Crippen molar-refractivity contribution in [2.24, 2.45) is 7.05 Å². The molecule has 1 aromatic heterocycles. The predicted octanol–water partition coefficient (Wildman–Crippen LogP) is 2.69. The molecular formula is C16H23N3O. The molecule has 0 atom stereocenters. The van der Waals surface area contributed by atoms with E-state index < -0.39 is 0 Å². The molecule has 4 nitrogen and oxygen atoms in total. The van der Waals surface area contributed by atoms with Gasteiger partial charge in [0.25, 0.3) is 0 Å². The Bertz CT molecular complexity index is 558. The van der Waals surface area contributed by atoms with E-state index in [2.05, 4.69) is 24.2 Å². The molecule has 2 aromatic rings. The average Bonchev–Trinajstić information content (AvgIpc) is 2.71. The van der Waals surface area contributed by atoms with E-state index in [0.29, 0.717) is 6.61 Å². The molecule has 0 bridgehead atoms. The van der Waals surface area contributed by atoms with Gasteiger partial charge in [0.15, 0.2) is 0 Å². The highest BCUT2D eigenvalue weighted by Gasteiger charge is 2.15. The molecule has 1 heterocycles. The zero-order valence-electron chi connectivity index (χ0n) is 12.5. The number of benzene rings is 1. The Morgan fingerprint density at radius 2 is 1.95 bits per heavy atom. The number of nitrogen functional groups attached to an aromatic ring is 1. The third kappa shape index (κ3) is 3.20. The highest BCUT2D eigenvalue weighted by molar-refractivity contribution is 5.41. The molecule has 4 heteroatoms. The number of anilines is 1. The minimum atomic E-state index is 0.595. The second-order valence-corrected chi connectivity index (χ2v) is 5.10. The van der Waals surface area contributed by atoms with Crippen molar-refractivity contribution in [3.8, 4) is 0 Å². The van der Waals surface area contributed by atoms with E-state index in [-0.39, 0.29) is 0 Å². The summed E-state index contributed by atoms with van der Waals surface area (Å²) in [6.07, 6.45) is 2.97. The van der Waals surface area contributed by atoms with Gasteiger partial charge in [-0.3, -0.25) is 4.68 Å². The molecule has 0 spiro atoms. The summed E-state index contributed by atoms with van der Waals surface area (Å²) in [6.45, 7) is 2.77. The van der Waals surface area contributed by atoms with Crippen LogP contribution in [0.25, 0.3) is 0 Å². The smallest absolute Gasteiger partial charge is 0.0883 e. The van der Waals surface area contributed by atoms with E-state index in [1.165, 1.54) is 16.8 Å². The molecule has 0 saturated carbocycles. The third-order valence-electron chi connectivity index (χ3n) is 3.49. The van der Waals surface area contributed by atoms with E-state index in [1.54, 1.807) is 7.11 Å². The minimum absolute atomic E-state index is 0.595. The van der Waals surface area contributed by atoms with Crippen molar-refractivity contribution in [1.82, 2.24) is 9.78 Å². The van der Waals surface area contributed by atoms with Gasteiger partial charge in [0, 0.05) is 31.8 Å². The molecule has 20 heavy (non-hydrogen) atoms. The van der Waals surface area contributed by atoms with Crippen LogP contribution < -0.4 is 5.73 Å². The van der Waals surface area contributed by atoms with Crippen LogP contribution in [0.1, 0.15) is 35.9 Å². The Morgan fingerprint density at radius 1 is 1.25 bits per heavy atom.